The zero-order chi connectivity index (χ0) is 16.4. The van der Waals surface area contributed by atoms with E-state index in [0.29, 0.717) is 6.42 Å². The summed E-state index contributed by atoms with van der Waals surface area (Å²) in [4.78, 5) is 36.9. The number of carbonyl (C=O) groups is 2. The molecule has 0 unspecified atom stereocenters. The first-order valence-corrected chi connectivity index (χ1v) is 7.49. The normalized spacial score (nSPS) is 10.2. The first kappa shape index (κ1) is 17.7. The molecule has 0 radical (unpaired) electrons. The van der Waals surface area contributed by atoms with Crippen LogP contribution in [0, 0.1) is 10.1 Å². The van der Waals surface area contributed by atoms with Crippen molar-refractivity contribution in [3.05, 3.63) is 34.1 Å². The third kappa shape index (κ3) is 6.43. The van der Waals surface area contributed by atoms with E-state index < -0.39 is 10.8 Å². The van der Waals surface area contributed by atoms with E-state index in [2.05, 4.69) is 17.2 Å². The summed E-state index contributed by atoms with van der Waals surface area (Å²) < 4.78 is 0. The highest BCUT2D eigenvalue weighted by Gasteiger charge is 2.13. The van der Waals surface area contributed by atoms with Gasteiger partial charge in [-0.15, -0.1) is 0 Å². The Morgan fingerprint density at radius 1 is 1.18 bits per heavy atom. The molecule has 2 amide bonds. The lowest BCUT2D eigenvalue weighted by Crippen LogP contribution is -2.30. The Morgan fingerprint density at radius 2 is 1.86 bits per heavy atom. The molecular weight excluding hydrogens is 286 g/mol. The first-order valence-electron chi connectivity index (χ1n) is 7.49. The van der Waals surface area contributed by atoms with E-state index in [1.165, 1.54) is 31.4 Å². The van der Waals surface area contributed by atoms with Crippen molar-refractivity contribution in [2.75, 3.05) is 0 Å². The van der Waals surface area contributed by atoms with E-state index in [4.69, 9.17) is 0 Å². The molecule has 7 nitrogen and oxygen atoms in total. The van der Waals surface area contributed by atoms with Crippen LogP contribution in [0.25, 0.3) is 0 Å². The number of nitrogens with zero attached hydrogens (tertiary/aromatic N) is 2. The van der Waals surface area contributed by atoms with E-state index >= 15 is 0 Å². The molecule has 22 heavy (non-hydrogen) atoms. The lowest BCUT2D eigenvalue weighted by Gasteiger charge is -2.04. The number of nitro groups is 1. The number of imide groups is 1. The molecule has 7 heteroatoms. The number of nitrogens with one attached hydrogen (secondary N) is 1. The van der Waals surface area contributed by atoms with Gasteiger partial charge in [-0.1, -0.05) is 39.0 Å². The van der Waals surface area contributed by atoms with Crippen molar-refractivity contribution in [2.24, 2.45) is 0 Å². The van der Waals surface area contributed by atoms with E-state index in [9.17, 15) is 19.7 Å². The highest BCUT2D eigenvalue weighted by atomic mass is 16.6. The van der Waals surface area contributed by atoms with Gasteiger partial charge < -0.3 is 0 Å². The van der Waals surface area contributed by atoms with Crippen LogP contribution in [0.5, 0.6) is 0 Å². The molecular formula is C15H21N3O4. The summed E-state index contributed by atoms with van der Waals surface area (Å²) >= 11 is 0. The number of aromatic nitrogens is 1. The molecule has 0 aromatic carbocycles. The van der Waals surface area contributed by atoms with Gasteiger partial charge in [-0.05, 0) is 12.5 Å². The molecule has 1 rings (SSSR count). The topological polar surface area (TPSA) is 102 Å². The van der Waals surface area contributed by atoms with Crippen molar-refractivity contribution in [2.45, 2.75) is 51.9 Å². The molecule has 1 N–H and O–H groups in total. The number of pyridine rings is 1. The average Bonchev–Trinajstić information content (AvgIpc) is 2.50. The van der Waals surface area contributed by atoms with Crippen molar-refractivity contribution in [1.82, 2.24) is 10.3 Å². The summed E-state index contributed by atoms with van der Waals surface area (Å²) in [5.41, 5.74) is -0.211. The summed E-state index contributed by atoms with van der Waals surface area (Å²) in [6.07, 6.45) is 7.66. The number of unbranched alkanes of at least 4 members (excludes halogenated alkanes) is 5. The fraction of sp³-hybridized carbons (Fsp3) is 0.533. The lowest BCUT2D eigenvalue weighted by molar-refractivity contribution is -0.385. The van der Waals surface area contributed by atoms with Gasteiger partial charge in [-0.3, -0.25) is 25.0 Å². The SMILES string of the molecule is CCCCCCCCC(=O)NC(=O)c1ccc([N+](=O)[O-])cn1. The molecule has 0 aliphatic carbocycles. The number of rotatable bonds is 9. The van der Waals surface area contributed by atoms with Gasteiger partial charge in [-0.25, -0.2) is 4.98 Å². The molecule has 0 fully saturated rings. The molecule has 1 aromatic rings. The molecule has 0 aliphatic rings. The minimum atomic E-state index is -0.633. The maximum atomic E-state index is 11.7. The number of carbonyl (C=O) groups excluding carboxylic acids is 2. The minimum Gasteiger partial charge on any atom is -0.291 e. The predicted molar refractivity (Wildman–Crippen MR) is 81.4 cm³/mol. The van der Waals surface area contributed by atoms with Crippen molar-refractivity contribution in [3.63, 3.8) is 0 Å². The Labute approximate surface area is 129 Å². The van der Waals surface area contributed by atoms with Crippen LogP contribution in [0.15, 0.2) is 18.3 Å². The van der Waals surface area contributed by atoms with Gasteiger partial charge in [0.2, 0.25) is 5.91 Å². The largest absolute Gasteiger partial charge is 0.291 e. The van der Waals surface area contributed by atoms with Gasteiger partial charge in [0.1, 0.15) is 11.9 Å². The molecule has 1 aromatic heterocycles. The molecule has 0 atom stereocenters. The van der Waals surface area contributed by atoms with Crippen LogP contribution in [0.2, 0.25) is 0 Å². The first-order chi connectivity index (χ1) is 10.5. The van der Waals surface area contributed by atoms with Crippen LogP contribution < -0.4 is 5.32 Å². The van der Waals surface area contributed by atoms with Gasteiger partial charge in [-0.2, -0.15) is 0 Å². The molecule has 0 saturated heterocycles. The van der Waals surface area contributed by atoms with Crippen molar-refractivity contribution < 1.29 is 14.5 Å². The number of hydrogen-bond donors (Lipinski definition) is 1. The standard InChI is InChI=1S/C15H21N3O4/c1-2-3-4-5-6-7-8-14(19)17-15(20)13-10-9-12(11-16-13)18(21)22/h9-11H,2-8H2,1H3,(H,17,19,20). The molecule has 0 aliphatic heterocycles. The third-order valence-corrected chi connectivity index (χ3v) is 3.20. The van der Waals surface area contributed by atoms with Crippen LogP contribution in [-0.4, -0.2) is 21.7 Å². The number of amides is 2. The molecule has 120 valence electrons. The Hall–Kier alpha value is -2.31. The summed E-state index contributed by atoms with van der Waals surface area (Å²) in [5.74, 6) is -0.980. The Bertz CT molecular complexity index is 514. The zero-order valence-corrected chi connectivity index (χ0v) is 12.7. The molecule has 0 bridgehead atoms. The van der Waals surface area contributed by atoms with Crippen LogP contribution in [0.3, 0.4) is 0 Å². The fourth-order valence-corrected chi connectivity index (χ4v) is 1.95. The maximum Gasteiger partial charge on any atom is 0.287 e. The van der Waals surface area contributed by atoms with Gasteiger partial charge in [0.05, 0.1) is 4.92 Å². The van der Waals surface area contributed by atoms with Crippen molar-refractivity contribution >= 4 is 17.5 Å². The second-order valence-electron chi connectivity index (χ2n) is 5.05. The van der Waals surface area contributed by atoms with Gasteiger partial charge in [0.25, 0.3) is 11.6 Å². The molecule has 0 spiro atoms. The number of hydrogen-bond acceptors (Lipinski definition) is 5. The van der Waals surface area contributed by atoms with E-state index in [1.807, 2.05) is 0 Å². The van der Waals surface area contributed by atoms with Crippen molar-refractivity contribution in [3.8, 4) is 0 Å². The van der Waals surface area contributed by atoms with Crippen LogP contribution >= 0.6 is 0 Å². The average molecular weight is 307 g/mol. The fourth-order valence-electron chi connectivity index (χ4n) is 1.95. The smallest absolute Gasteiger partial charge is 0.287 e. The molecule has 0 saturated carbocycles. The zero-order valence-electron chi connectivity index (χ0n) is 12.7. The van der Waals surface area contributed by atoms with Gasteiger partial charge in [0.15, 0.2) is 0 Å². The Morgan fingerprint density at radius 3 is 2.45 bits per heavy atom. The van der Waals surface area contributed by atoms with Crippen LogP contribution in [0.1, 0.15) is 62.4 Å². The Kier molecular flexibility index (Phi) is 7.74. The van der Waals surface area contributed by atoms with E-state index in [1.54, 1.807) is 0 Å². The highest BCUT2D eigenvalue weighted by molar-refractivity contribution is 6.03. The maximum absolute atomic E-state index is 11.7. The Balaban J connectivity index is 2.31. The second kappa shape index (κ2) is 9.59. The van der Waals surface area contributed by atoms with Gasteiger partial charge in [0, 0.05) is 12.5 Å². The highest BCUT2D eigenvalue weighted by Crippen LogP contribution is 2.09. The van der Waals surface area contributed by atoms with E-state index in [-0.39, 0.29) is 17.3 Å². The quantitative estimate of drug-likeness (QED) is 0.429. The van der Waals surface area contributed by atoms with Crippen molar-refractivity contribution in [1.29, 1.82) is 0 Å². The molecule has 1 heterocycles. The second-order valence-corrected chi connectivity index (χ2v) is 5.05. The third-order valence-electron chi connectivity index (χ3n) is 3.20. The van der Waals surface area contributed by atoms with Crippen LogP contribution in [-0.2, 0) is 4.79 Å². The summed E-state index contributed by atoms with van der Waals surface area (Å²) in [7, 11) is 0. The summed E-state index contributed by atoms with van der Waals surface area (Å²) in [6, 6.07) is 2.41. The minimum absolute atomic E-state index is 0.0121. The summed E-state index contributed by atoms with van der Waals surface area (Å²) in [5, 5.41) is 12.7. The lowest BCUT2D eigenvalue weighted by atomic mass is 10.1. The summed E-state index contributed by atoms with van der Waals surface area (Å²) in [6.45, 7) is 2.14. The van der Waals surface area contributed by atoms with Crippen LogP contribution in [0.4, 0.5) is 5.69 Å². The monoisotopic (exact) mass is 307 g/mol. The van der Waals surface area contributed by atoms with E-state index in [0.717, 1.165) is 25.5 Å². The predicted octanol–water partition coefficient (Wildman–Crippen LogP) is 3.00. The van der Waals surface area contributed by atoms with Gasteiger partial charge >= 0.3 is 0 Å².